The predicted molar refractivity (Wildman–Crippen MR) is 68.6 cm³/mol. The Hall–Kier alpha value is -1.07. The van der Waals surface area contributed by atoms with Gasteiger partial charge in [-0.05, 0) is 43.9 Å². The SMILES string of the molecule is FC1(Cn2cc(C(F)(F)F)c(C3CC3)n2)CC2(CCC2)C1. The molecule has 1 heterocycles. The van der Waals surface area contributed by atoms with Gasteiger partial charge in [0.05, 0.1) is 17.8 Å². The molecule has 4 rings (SSSR count). The fourth-order valence-electron chi connectivity index (χ4n) is 4.12. The van der Waals surface area contributed by atoms with Gasteiger partial charge in [0.25, 0.3) is 0 Å². The minimum absolute atomic E-state index is 0.0372. The molecule has 1 aromatic heterocycles. The molecule has 3 aliphatic rings. The fourth-order valence-corrected chi connectivity index (χ4v) is 4.12. The van der Waals surface area contributed by atoms with Gasteiger partial charge in [0.1, 0.15) is 5.67 Å². The Labute approximate surface area is 120 Å². The first-order chi connectivity index (χ1) is 9.79. The lowest BCUT2D eigenvalue weighted by molar-refractivity contribution is -0.138. The maximum atomic E-state index is 14.6. The summed E-state index contributed by atoms with van der Waals surface area (Å²) < 4.78 is 54.9. The Balaban J connectivity index is 1.53. The van der Waals surface area contributed by atoms with Crippen LogP contribution in [0, 0.1) is 5.41 Å². The molecular weight excluding hydrogens is 284 g/mol. The Morgan fingerprint density at radius 2 is 1.90 bits per heavy atom. The smallest absolute Gasteiger partial charge is 0.269 e. The molecule has 0 N–H and O–H groups in total. The van der Waals surface area contributed by atoms with Crippen LogP contribution in [-0.4, -0.2) is 15.4 Å². The van der Waals surface area contributed by atoms with Crippen LogP contribution >= 0.6 is 0 Å². The minimum Gasteiger partial charge on any atom is -0.269 e. The molecule has 0 aliphatic heterocycles. The van der Waals surface area contributed by atoms with E-state index in [0.717, 1.165) is 38.3 Å². The van der Waals surface area contributed by atoms with Crippen LogP contribution in [0.5, 0.6) is 0 Å². The molecule has 3 saturated carbocycles. The average Bonchev–Trinajstić information content (AvgIpc) is 3.04. The second kappa shape index (κ2) is 4.02. The van der Waals surface area contributed by atoms with Crippen molar-refractivity contribution in [3.05, 3.63) is 17.5 Å². The third-order valence-electron chi connectivity index (χ3n) is 5.30. The first-order valence-electron chi connectivity index (χ1n) is 7.62. The molecule has 6 heteroatoms. The minimum atomic E-state index is -4.39. The second-order valence-electron chi connectivity index (χ2n) is 7.26. The van der Waals surface area contributed by atoms with Gasteiger partial charge >= 0.3 is 6.18 Å². The number of hydrogen-bond donors (Lipinski definition) is 0. The summed E-state index contributed by atoms with van der Waals surface area (Å²) in [7, 11) is 0. The van der Waals surface area contributed by atoms with E-state index in [4.69, 9.17) is 0 Å². The maximum absolute atomic E-state index is 14.6. The quantitative estimate of drug-likeness (QED) is 0.754. The zero-order chi connectivity index (χ0) is 14.9. The summed E-state index contributed by atoms with van der Waals surface area (Å²) in [5.41, 5.74) is -1.76. The van der Waals surface area contributed by atoms with E-state index >= 15 is 0 Å². The van der Waals surface area contributed by atoms with Crippen molar-refractivity contribution in [3.63, 3.8) is 0 Å². The maximum Gasteiger partial charge on any atom is 0.419 e. The van der Waals surface area contributed by atoms with Crippen molar-refractivity contribution in [3.8, 4) is 0 Å². The molecule has 0 saturated heterocycles. The normalized spacial score (nSPS) is 26.5. The van der Waals surface area contributed by atoms with Gasteiger partial charge < -0.3 is 0 Å². The van der Waals surface area contributed by atoms with E-state index in [1.165, 1.54) is 4.68 Å². The van der Waals surface area contributed by atoms with Crippen molar-refractivity contribution in [1.82, 2.24) is 9.78 Å². The number of aromatic nitrogens is 2. The molecule has 2 nitrogen and oxygen atoms in total. The van der Waals surface area contributed by atoms with Crippen LogP contribution in [0.15, 0.2) is 6.20 Å². The van der Waals surface area contributed by atoms with Crippen LogP contribution in [-0.2, 0) is 12.7 Å². The molecule has 1 aromatic rings. The lowest BCUT2D eigenvalue weighted by Gasteiger charge is -2.57. The van der Waals surface area contributed by atoms with Crippen LogP contribution in [0.4, 0.5) is 17.6 Å². The zero-order valence-corrected chi connectivity index (χ0v) is 11.7. The van der Waals surface area contributed by atoms with Crippen LogP contribution < -0.4 is 0 Å². The lowest BCUT2D eigenvalue weighted by atomic mass is 9.50. The Kier molecular flexibility index (Phi) is 2.60. The predicted octanol–water partition coefficient (Wildman–Crippen LogP) is 4.45. The highest BCUT2D eigenvalue weighted by Crippen LogP contribution is 2.62. The zero-order valence-electron chi connectivity index (χ0n) is 11.7. The van der Waals surface area contributed by atoms with Crippen molar-refractivity contribution in [2.45, 2.75) is 69.3 Å². The summed E-state index contributed by atoms with van der Waals surface area (Å²) in [6, 6.07) is 0. The number of nitrogens with zero attached hydrogens (tertiary/aromatic N) is 2. The van der Waals surface area contributed by atoms with Crippen molar-refractivity contribution >= 4 is 0 Å². The second-order valence-corrected chi connectivity index (χ2v) is 7.26. The summed E-state index contributed by atoms with van der Waals surface area (Å²) in [6.45, 7) is -0.0372. The molecule has 0 aromatic carbocycles. The number of rotatable bonds is 3. The van der Waals surface area contributed by atoms with Gasteiger partial charge in [0, 0.05) is 12.1 Å². The highest BCUT2D eigenvalue weighted by molar-refractivity contribution is 5.27. The third kappa shape index (κ3) is 2.27. The molecule has 3 aliphatic carbocycles. The molecule has 0 radical (unpaired) electrons. The standard InChI is InChI=1S/C15H18F4N2/c16-14(7-13(8-14)4-1-5-13)9-21-6-11(15(17,18)19)12(20-21)10-2-3-10/h6,10H,1-5,7-9H2. The summed E-state index contributed by atoms with van der Waals surface area (Å²) in [5.74, 6) is -0.0854. The lowest BCUT2D eigenvalue weighted by Crippen LogP contribution is -2.54. The van der Waals surface area contributed by atoms with E-state index in [1.54, 1.807) is 0 Å². The Morgan fingerprint density at radius 1 is 1.24 bits per heavy atom. The molecule has 21 heavy (non-hydrogen) atoms. The van der Waals surface area contributed by atoms with Gasteiger partial charge in [-0.2, -0.15) is 18.3 Å². The summed E-state index contributed by atoms with van der Waals surface area (Å²) in [5, 5.41) is 4.05. The van der Waals surface area contributed by atoms with E-state index < -0.39 is 17.4 Å². The average molecular weight is 302 g/mol. The monoisotopic (exact) mass is 302 g/mol. The van der Waals surface area contributed by atoms with Crippen molar-refractivity contribution < 1.29 is 17.6 Å². The summed E-state index contributed by atoms with van der Waals surface area (Å²) in [6.07, 6.45) is 2.38. The molecule has 0 amide bonds. The first kappa shape index (κ1) is 13.6. The highest BCUT2D eigenvalue weighted by Gasteiger charge is 2.58. The van der Waals surface area contributed by atoms with E-state index in [9.17, 15) is 17.6 Å². The van der Waals surface area contributed by atoms with E-state index in [0.29, 0.717) is 12.8 Å². The number of alkyl halides is 4. The van der Waals surface area contributed by atoms with Gasteiger partial charge in [-0.1, -0.05) is 6.42 Å². The molecule has 1 spiro atoms. The Bertz CT molecular complexity index is 559. The Morgan fingerprint density at radius 3 is 2.38 bits per heavy atom. The highest BCUT2D eigenvalue weighted by atomic mass is 19.4. The van der Waals surface area contributed by atoms with Gasteiger partial charge in [0.15, 0.2) is 0 Å². The number of halogens is 4. The van der Waals surface area contributed by atoms with Gasteiger partial charge in [0.2, 0.25) is 0 Å². The molecule has 0 unspecified atom stereocenters. The van der Waals surface area contributed by atoms with Crippen LogP contribution in [0.25, 0.3) is 0 Å². The van der Waals surface area contributed by atoms with Crippen LogP contribution in [0.2, 0.25) is 0 Å². The van der Waals surface area contributed by atoms with Gasteiger partial charge in [-0.15, -0.1) is 0 Å². The first-order valence-corrected chi connectivity index (χ1v) is 7.62. The summed E-state index contributed by atoms with van der Waals surface area (Å²) >= 11 is 0. The molecule has 0 bridgehead atoms. The van der Waals surface area contributed by atoms with Gasteiger partial charge in [-0.25, -0.2) is 4.39 Å². The van der Waals surface area contributed by atoms with Crippen molar-refractivity contribution in [1.29, 1.82) is 0 Å². The topological polar surface area (TPSA) is 17.8 Å². The molecule has 0 atom stereocenters. The summed E-state index contributed by atoms with van der Waals surface area (Å²) in [4.78, 5) is 0. The van der Waals surface area contributed by atoms with E-state index in [2.05, 4.69) is 5.10 Å². The fraction of sp³-hybridized carbons (Fsp3) is 0.800. The number of hydrogen-bond acceptors (Lipinski definition) is 1. The van der Waals surface area contributed by atoms with Crippen molar-refractivity contribution in [2.75, 3.05) is 0 Å². The van der Waals surface area contributed by atoms with Crippen LogP contribution in [0.1, 0.15) is 62.1 Å². The van der Waals surface area contributed by atoms with Gasteiger partial charge in [-0.3, -0.25) is 4.68 Å². The largest absolute Gasteiger partial charge is 0.419 e. The molecular formula is C15H18F4N2. The van der Waals surface area contributed by atoms with E-state index in [-0.39, 0.29) is 23.6 Å². The third-order valence-corrected chi connectivity index (χ3v) is 5.30. The molecule has 116 valence electrons. The van der Waals surface area contributed by atoms with Crippen LogP contribution in [0.3, 0.4) is 0 Å². The molecule has 3 fully saturated rings. The van der Waals surface area contributed by atoms with E-state index in [1.807, 2.05) is 0 Å². The van der Waals surface area contributed by atoms with Crippen molar-refractivity contribution in [2.24, 2.45) is 5.41 Å².